The Bertz CT molecular complexity index is 1260. The van der Waals surface area contributed by atoms with Gasteiger partial charge in [-0.05, 0) is 24.6 Å². The second-order valence-corrected chi connectivity index (χ2v) is 10.6. The highest BCUT2D eigenvalue weighted by Gasteiger charge is 2.29. The number of nitrogens with two attached hydrogens (primary N) is 1. The van der Waals surface area contributed by atoms with Crippen LogP contribution in [0.15, 0.2) is 60.7 Å². The van der Waals surface area contributed by atoms with Crippen LogP contribution in [0.4, 0.5) is 5.69 Å². The predicted molar refractivity (Wildman–Crippen MR) is 164 cm³/mol. The lowest BCUT2D eigenvalue weighted by atomic mass is 10.0. The van der Waals surface area contributed by atoms with Crippen LogP contribution in [-0.2, 0) is 9.59 Å². The molecule has 0 spiro atoms. The summed E-state index contributed by atoms with van der Waals surface area (Å²) >= 11 is 0. The molecule has 0 aliphatic heterocycles. The third-order valence-electron chi connectivity index (χ3n) is 7.56. The van der Waals surface area contributed by atoms with Crippen molar-refractivity contribution in [2.45, 2.75) is 96.4 Å². The summed E-state index contributed by atoms with van der Waals surface area (Å²) in [6.07, 6.45) is 15.4. The number of amides is 2. The van der Waals surface area contributed by atoms with Crippen LogP contribution in [0, 0.1) is 0 Å². The van der Waals surface area contributed by atoms with Gasteiger partial charge in [0.05, 0.1) is 5.56 Å². The van der Waals surface area contributed by atoms with Gasteiger partial charge in [-0.2, -0.15) is 0 Å². The molecule has 41 heavy (non-hydrogen) atoms. The van der Waals surface area contributed by atoms with E-state index >= 15 is 0 Å². The molecular weight excluding hydrogens is 516 g/mol. The van der Waals surface area contributed by atoms with Crippen molar-refractivity contribution in [3.8, 4) is 11.5 Å². The number of ether oxygens (including phenoxy) is 1. The molecule has 0 bridgehead atoms. The van der Waals surface area contributed by atoms with Crippen molar-refractivity contribution in [1.82, 2.24) is 0 Å². The number of hydrogen-bond donors (Lipinski definition) is 2. The molecule has 3 aromatic rings. The van der Waals surface area contributed by atoms with Crippen molar-refractivity contribution in [2.24, 2.45) is 5.73 Å². The zero-order chi connectivity index (χ0) is 29.5. The van der Waals surface area contributed by atoms with Crippen LogP contribution in [0.1, 0.15) is 101 Å². The smallest absolute Gasteiger partial charge is 0.334 e. The summed E-state index contributed by atoms with van der Waals surface area (Å²) in [5.41, 5.74) is 5.93. The molecule has 7 heteroatoms. The van der Waals surface area contributed by atoms with E-state index < -0.39 is 17.9 Å². The van der Waals surface area contributed by atoms with E-state index in [0.29, 0.717) is 29.3 Å². The maximum atomic E-state index is 13.6. The first-order valence-corrected chi connectivity index (χ1v) is 15.0. The molecule has 0 radical (unpaired) electrons. The molecule has 0 saturated heterocycles. The number of anilines is 1. The summed E-state index contributed by atoms with van der Waals surface area (Å²) in [5, 5.41) is 11.4. The Kier molecular flexibility index (Phi) is 13.2. The van der Waals surface area contributed by atoms with E-state index in [2.05, 4.69) is 6.92 Å². The van der Waals surface area contributed by atoms with Crippen LogP contribution in [0.25, 0.3) is 10.8 Å². The number of carbonyl (C=O) groups is 3. The molecule has 3 rings (SSSR count). The summed E-state index contributed by atoms with van der Waals surface area (Å²) < 4.78 is 5.84. The Balaban J connectivity index is 1.66. The normalized spacial score (nSPS) is 11.7. The lowest BCUT2D eigenvalue weighted by molar-refractivity contribution is -0.136. The van der Waals surface area contributed by atoms with Gasteiger partial charge >= 0.3 is 5.97 Å². The minimum Gasteiger partial charge on any atom is -0.506 e. The summed E-state index contributed by atoms with van der Waals surface area (Å²) in [5.74, 6) is -1.61. The number of benzene rings is 3. The SMILES string of the molecule is CCCCCCCCCCCCCCC(C(=O)Oc1cc(C(N)=O)c(O)c2ccccc12)N(C=O)c1ccccc1. The van der Waals surface area contributed by atoms with Crippen molar-refractivity contribution < 1.29 is 24.2 Å². The fraction of sp³-hybridized carbons (Fsp3) is 0.441. The Labute approximate surface area is 243 Å². The molecule has 3 aromatic carbocycles. The van der Waals surface area contributed by atoms with Crippen molar-refractivity contribution in [3.05, 3.63) is 66.2 Å². The number of rotatable bonds is 19. The fourth-order valence-corrected chi connectivity index (χ4v) is 5.24. The average Bonchev–Trinajstić information content (AvgIpc) is 2.99. The van der Waals surface area contributed by atoms with E-state index in [4.69, 9.17) is 10.5 Å². The standard InChI is InChI=1S/C34H44N2O5/c1-2-3-4-5-6-7-8-9-10-11-12-16-23-30(36(25-37)26-19-14-13-15-20-26)34(40)41-31-24-29(33(35)39)32(38)28-22-18-17-21-27(28)31/h13-15,17-22,24-25,30,38H,2-12,16,23H2,1H3,(H2,35,39). The predicted octanol–water partition coefficient (Wildman–Crippen LogP) is 7.67. The van der Waals surface area contributed by atoms with Crippen LogP contribution in [0.5, 0.6) is 11.5 Å². The van der Waals surface area contributed by atoms with Crippen LogP contribution in [-0.4, -0.2) is 29.4 Å². The van der Waals surface area contributed by atoms with Crippen LogP contribution in [0.2, 0.25) is 0 Å². The van der Waals surface area contributed by atoms with Gasteiger partial charge in [-0.15, -0.1) is 0 Å². The Hall–Kier alpha value is -3.87. The number of primary amides is 1. The quantitative estimate of drug-likeness (QED) is 0.0676. The summed E-state index contributed by atoms with van der Waals surface area (Å²) in [6, 6.07) is 16.2. The van der Waals surface area contributed by atoms with Gasteiger partial charge in [-0.3, -0.25) is 9.59 Å². The molecule has 2 amide bonds. The molecular formula is C34H44N2O5. The second kappa shape index (κ2) is 17.1. The zero-order valence-electron chi connectivity index (χ0n) is 24.2. The molecule has 1 atom stereocenters. The monoisotopic (exact) mass is 560 g/mol. The lowest BCUT2D eigenvalue weighted by Crippen LogP contribution is -2.43. The highest BCUT2D eigenvalue weighted by atomic mass is 16.5. The van der Waals surface area contributed by atoms with E-state index in [-0.39, 0.29) is 17.1 Å². The Morgan fingerprint density at radius 1 is 0.829 bits per heavy atom. The Morgan fingerprint density at radius 3 is 1.93 bits per heavy atom. The van der Waals surface area contributed by atoms with E-state index in [1.54, 1.807) is 36.4 Å². The Morgan fingerprint density at radius 2 is 1.37 bits per heavy atom. The maximum absolute atomic E-state index is 13.6. The second-order valence-electron chi connectivity index (χ2n) is 10.6. The topological polar surface area (TPSA) is 110 Å². The summed E-state index contributed by atoms with van der Waals surface area (Å²) in [6.45, 7) is 2.24. The molecule has 0 aliphatic carbocycles. The number of para-hydroxylation sites is 1. The molecule has 0 heterocycles. The van der Waals surface area contributed by atoms with E-state index in [1.165, 1.54) is 62.3 Å². The van der Waals surface area contributed by atoms with Gasteiger partial charge in [0.25, 0.3) is 5.91 Å². The third-order valence-corrected chi connectivity index (χ3v) is 7.56. The van der Waals surface area contributed by atoms with Crippen LogP contribution in [0.3, 0.4) is 0 Å². The molecule has 0 saturated carbocycles. The fourth-order valence-electron chi connectivity index (χ4n) is 5.24. The van der Waals surface area contributed by atoms with Gasteiger partial charge in [-0.25, -0.2) is 4.79 Å². The molecule has 7 nitrogen and oxygen atoms in total. The molecule has 3 N–H and O–H groups in total. The van der Waals surface area contributed by atoms with Gasteiger partial charge < -0.3 is 20.5 Å². The highest BCUT2D eigenvalue weighted by molar-refractivity contribution is 6.06. The number of hydrogen-bond acceptors (Lipinski definition) is 5. The van der Waals surface area contributed by atoms with E-state index in [1.807, 2.05) is 18.2 Å². The molecule has 1 unspecified atom stereocenters. The number of unbranched alkanes of at least 4 members (excludes halogenated alkanes) is 11. The number of nitrogens with zero attached hydrogens (tertiary/aromatic N) is 1. The number of esters is 1. The minimum atomic E-state index is -0.859. The average molecular weight is 561 g/mol. The number of phenols is 1. The van der Waals surface area contributed by atoms with Gasteiger partial charge in [0.2, 0.25) is 6.41 Å². The number of carbonyl (C=O) groups excluding carboxylic acids is 3. The number of fused-ring (bicyclic) bond motifs is 1. The van der Waals surface area contributed by atoms with Crippen LogP contribution >= 0.6 is 0 Å². The largest absolute Gasteiger partial charge is 0.506 e. The molecule has 0 aromatic heterocycles. The highest BCUT2D eigenvalue weighted by Crippen LogP contribution is 2.36. The maximum Gasteiger partial charge on any atom is 0.334 e. The van der Waals surface area contributed by atoms with Crippen molar-refractivity contribution in [2.75, 3.05) is 4.90 Å². The summed E-state index contributed by atoms with van der Waals surface area (Å²) in [7, 11) is 0. The lowest BCUT2D eigenvalue weighted by Gasteiger charge is -2.27. The third kappa shape index (κ3) is 9.34. The first kappa shape index (κ1) is 31.7. The van der Waals surface area contributed by atoms with Gasteiger partial charge in [0, 0.05) is 16.5 Å². The zero-order valence-corrected chi connectivity index (χ0v) is 24.2. The first-order valence-electron chi connectivity index (χ1n) is 15.0. The van der Waals surface area contributed by atoms with Crippen LogP contribution < -0.4 is 15.4 Å². The molecule has 0 fully saturated rings. The van der Waals surface area contributed by atoms with Gasteiger partial charge in [0.1, 0.15) is 17.5 Å². The molecule has 220 valence electrons. The van der Waals surface area contributed by atoms with E-state index in [0.717, 1.165) is 25.7 Å². The first-order chi connectivity index (χ1) is 20.0. The van der Waals surface area contributed by atoms with E-state index in [9.17, 15) is 19.5 Å². The number of aromatic hydroxyl groups is 1. The van der Waals surface area contributed by atoms with Gasteiger partial charge in [0.15, 0.2) is 0 Å². The van der Waals surface area contributed by atoms with Crippen molar-refractivity contribution in [1.29, 1.82) is 0 Å². The summed E-state index contributed by atoms with van der Waals surface area (Å²) in [4.78, 5) is 39.3. The minimum absolute atomic E-state index is 0.107. The van der Waals surface area contributed by atoms with Crippen molar-refractivity contribution >= 4 is 34.7 Å². The molecule has 0 aliphatic rings. The van der Waals surface area contributed by atoms with Gasteiger partial charge in [-0.1, -0.05) is 126 Å². The van der Waals surface area contributed by atoms with Crippen molar-refractivity contribution in [3.63, 3.8) is 0 Å².